The standard InChI is InChI=1S/C15H23NO2/c1-4-15(11-16,14(17)18-5-2)10-13-9-7-6-8-12(13)3/h6-9H,4-5,10-11,16H2,1-3H3. The lowest BCUT2D eigenvalue weighted by atomic mass is 9.78. The second-order valence-corrected chi connectivity index (χ2v) is 4.66. The van der Waals surface area contributed by atoms with Gasteiger partial charge in [-0.3, -0.25) is 4.79 Å². The zero-order chi connectivity index (χ0) is 13.6. The number of rotatable bonds is 6. The first-order chi connectivity index (χ1) is 8.59. The van der Waals surface area contributed by atoms with Crippen LogP contribution in [0.25, 0.3) is 0 Å². The van der Waals surface area contributed by atoms with Gasteiger partial charge in [0.05, 0.1) is 12.0 Å². The summed E-state index contributed by atoms with van der Waals surface area (Å²) >= 11 is 0. The topological polar surface area (TPSA) is 52.3 Å². The number of hydrogen-bond acceptors (Lipinski definition) is 3. The lowest BCUT2D eigenvalue weighted by Crippen LogP contribution is -2.41. The molecule has 0 aromatic heterocycles. The first-order valence-corrected chi connectivity index (χ1v) is 6.51. The SMILES string of the molecule is CCOC(=O)C(CC)(CN)Cc1ccccc1C. The molecule has 0 heterocycles. The number of carbonyl (C=O) groups excluding carboxylic acids is 1. The number of carbonyl (C=O) groups is 1. The van der Waals surface area contributed by atoms with Gasteiger partial charge >= 0.3 is 5.97 Å². The molecule has 3 nitrogen and oxygen atoms in total. The molecule has 0 radical (unpaired) electrons. The summed E-state index contributed by atoms with van der Waals surface area (Å²) in [6.45, 7) is 6.58. The molecule has 2 N–H and O–H groups in total. The molecule has 1 atom stereocenters. The number of hydrogen-bond donors (Lipinski definition) is 1. The van der Waals surface area contributed by atoms with E-state index in [1.165, 1.54) is 5.56 Å². The first-order valence-electron chi connectivity index (χ1n) is 6.51. The maximum Gasteiger partial charge on any atom is 0.313 e. The van der Waals surface area contributed by atoms with Crippen LogP contribution in [0.3, 0.4) is 0 Å². The van der Waals surface area contributed by atoms with Crippen LogP contribution in [-0.2, 0) is 16.0 Å². The Morgan fingerprint density at radius 3 is 2.50 bits per heavy atom. The average Bonchev–Trinajstić information content (AvgIpc) is 2.38. The lowest BCUT2D eigenvalue weighted by molar-refractivity contribution is -0.155. The van der Waals surface area contributed by atoms with Crippen LogP contribution < -0.4 is 5.73 Å². The first kappa shape index (κ1) is 14.7. The molecule has 0 spiro atoms. The summed E-state index contributed by atoms with van der Waals surface area (Å²) in [5.74, 6) is -0.182. The van der Waals surface area contributed by atoms with Gasteiger partial charge in [0, 0.05) is 6.54 Å². The molecule has 3 heteroatoms. The van der Waals surface area contributed by atoms with Crippen molar-refractivity contribution in [3.05, 3.63) is 35.4 Å². The van der Waals surface area contributed by atoms with Crippen molar-refractivity contribution in [1.82, 2.24) is 0 Å². The van der Waals surface area contributed by atoms with Crippen molar-refractivity contribution in [2.24, 2.45) is 11.1 Å². The molecule has 0 bridgehead atoms. The highest BCUT2D eigenvalue weighted by atomic mass is 16.5. The van der Waals surface area contributed by atoms with Crippen LogP contribution in [-0.4, -0.2) is 19.1 Å². The van der Waals surface area contributed by atoms with Crippen LogP contribution in [0, 0.1) is 12.3 Å². The van der Waals surface area contributed by atoms with E-state index in [0.717, 1.165) is 5.56 Å². The molecule has 0 saturated heterocycles. The largest absolute Gasteiger partial charge is 0.466 e. The molecule has 0 amide bonds. The summed E-state index contributed by atoms with van der Waals surface area (Å²) < 4.78 is 5.18. The Labute approximate surface area is 109 Å². The molecule has 18 heavy (non-hydrogen) atoms. The summed E-state index contributed by atoms with van der Waals surface area (Å²) in [6, 6.07) is 8.09. The van der Waals surface area contributed by atoms with Crippen LogP contribution in [0.2, 0.25) is 0 Å². The van der Waals surface area contributed by atoms with Crippen molar-refractivity contribution in [1.29, 1.82) is 0 Å². The zero-order valence-corrected chi connectivity index (χ0v) is 11.5. The number of ether oxygens (including phenoxy) is 1. The van der Waals surface area contributed by atoms with Gasteiger partial charge in [0.1, 0.15) is 0 Å². The summed E-state index contributed by atoms with van der Waals surface area (Å²) in [5, 5.41) is 0. The summed E-state index contributed by atoms with van der Waals surface area (Å²) in [6.07, 6.45) is 1.34. The zero-order valence-electron chi connectivity index (χ0n) is 11.5. The second-order valence-electron chi connectivity index (χ2n) is 4.66. The molecular formula is C15H23NO2. The van der Waals surface area contributed by atoms with Gasteiger partial charge in [0.25, 0.3) is 0 Å². The molecule has 1 aromatic carbocycles. The van der Waals surface area contributed by atoms with Crippen LogP contribution in [0.5, 0.6) is 0 Å². The van der Waals surface area contributed by atoms with Crippen molar-refractivity contribution < 1.29 is 9.53 Å². The van der Waals surface area contributed by atoms with E-state index < -0.39 is 5.41 Å². The Morgan fingerprint density at radius 1 is 1.33 bits per heavy atom. The summed E-state index contributed by atoms with van der Waals surface area (Å²) in [7, 11) is 0. The van der Waals surface area contributed by atoms with E-state index >= 15 is 0 Å². The van der Waals surface area contributed by atoms with E-state index in [0.29, 0.717) is 26.0 Å². The minimum Gasteiger partial charge on any atom is -0.466 e. The Bertz CT molecular complexity index is 397. The monoisotopic (exact) mass is 249 g/mol. The van der Waals surface area contributed by atoms with E-state index in [1.54, 1.807) is 0 Å². The number of benzene rings is 1. The fourth-order valence-electron chi connectivity index (χ4n) is 2.10. The smallest absolute Gasteiger partial charge is 0.313 e. The molecular weight excluding hydrogens is 226 g/mol. The van der Waals surface area contributed by atoms with Gasteiger partial charge in [-0.15, -0.1) is 0 Å². The minimum absolute atomic E-state index is 0.182. The predicted molar refractivity (Wildman–Crippen MR) is 73.3 cm³/mol. The number of aryl methyl sites for hydroxylation is 1. The maximum atomic E-state index is 12.1. The molecule has 1 unspecified atom stereocenters. The molecule has 100 valence electrons. The highest BCUT2D eigenvalue weighted by Gasteiger charge is 2.37. The number of nitrogens with two attached hydrogens (primary N) is 1. The third kappa shape index (κ3) is 3.10. The van der Waals surface area contributed by atoms with E-state index in [-0.39, 0.29) is 5.97 Å². The highest BCUT2D eigenvalue weighted by Crippen LogP contribution is 2.29. The van der Waals surface area contributed by atoms with E-state index in [4.69, 9.17) is 10.5 Å². The van der Waals surface area contributed by atoms with Crippen LogP contribution in [0.4, 0.5) is 0 Å². The Balaban J connectivity index is 2.99. The molecule has 0 saturated carbocycles. The fraction of sp³-hybridized carbons (Fsp3) is 0.533. The average molecular weight is 249 g/mol. The lowest BCUT2D eigenvalue weighted by Gasteiger charge is -2.29. The van der Waals surface area contributed by atoms with Crippen molar-refractivity contribution in [2.75, 3.05) is 13.2 Å². The van der Waals surface area contributed by atoms with Crippen LogP contribution in [0.1, 0.15) is 31.4 Å². The third-order valence-corrected chi connectivity index (χ3v) is 3.57. The molecule has 1 rings (SSSR count). The van der Waals surface area contributed by atoms with Crippen LogP contribution >= 0.6 is 0 Å². The van der Waals surface area contributed by atoms with Crippen LogP contribution in [0.15, 0.2) is 24.3 Å². The molecule has 0 fully saturated rings. The van der Waals surface area contributed by atoms with Crippen molar-refractivity contribution in [3.8, 4) is 0 Å². The molecule has 0 aliphatic carbocycles. The van der Waals surface area contributed by atoms with Gasteiger partial charge in [0.2, 0.25) is 0 Å². The van der Waals surface area contributed by atoms with Gasteiger partial charge in [-0.2, -0.15) is 0 Å². The van der Waals surface area contributed by atoms with Gasteiger partial charge in [-0.25, -0.2) is 0 Å². The van der Waals surface area contributed by atoms with Gasteiger partial charge in [-0.1, -0.05) is 31.2 Å². The summed E-state index contributed by atoms with van der Waals surface area (Å²) in [5.41, 5.74) is 7.60. The Morgan fingerprint density at radius 2 is 2.00 bits per heavy atom. The van der Waals surface area contributed by atoms with Crippen molar-refractivity contribution in [2.45, 2.75) is 33.6 Å². The molecule has 0 aliphatic heterocycles. The van der Waals surface area contributed by atoms with Crippen molar-refractivity contribution >= 4 is 5.97 Å². The number of esters is 1. The Hall–Kier alpha value is -1.35. The van der Waals surface area contributed by atoms with Crippen molar-refractivity contribution in [3.63, 3.8) is 0 Å². The minimum atomic E-state index is -0.595. The van der Waals surface area contributed by atoms with Gasteiger partial charge in [-0.05, 0) is 37.8 Å². The van der Waals surface area contributed by atoms with E-state index in [9.17, 15) is 4.79 Å². The molecule has 1 aromatic rings. The Kier molecular flexibility index (Phi) is 5.35. The normalized spacial score (nSPS) is 14.0. The highest BCUT2D eigenvalue weighted by molar-refractivity contribution is 5.77. The quantitative estimate of drug-likeness (QED) is 0.788. The molecule has 0 aliphatic rings. The third-order valence-electron chi connectivity index (χ3n) is 3.57. The van der Waals surface area contributed by atoms with Gasteiger partial charge < -0.3 is 10.5 Å². The van der Waals surface area contributed by atoms with E-state index in [1.807, 2.05) is 26.0 Å². The fourth-order valence-corrected chi connectivity index (χ4v) is 2.10. The van der Waals surface area contributed by atoms with Gasteiger partial charge in [0.15, 0.2) is 0 Å². The summed E-state index contributed by atoms with van der Waals surface area (Å²) in [4.78, 5) is 12.1. The van der Waals surface area contributed by atoms with E-state index in [2.05, 4.69) is 19.1 Å². The predicted octanol–water partition coefficient (Wildman–Crippen LogP) is 2.46. The maximum absolute atomic E-state index is 12.1. The second kappa shape index (κ2) is 6.55.